The fourth-order valence-corrected chi connectivity index (χ4v) is 1.74. The van der Waals surface area contributed by atoms with E-state index in [2.05, 4.69) is 22.9 Å². The average Bonchev–Trinajstić information content (AvgIpc) is 2.15. The Labute approximate surface area is 94.3 Å². The maximum absolute atomic E-state index is 9.09. The molecule has 0 aliphatic rings. The summed E-state index contributed by atoms with van der Waals surface area (Å²) in [5, 5.41) is 9.09. The minimum Gasteiger partial charge on any atom is -0.508 e. The van der Waals surface area contributed by atoms with Crippen molar-refractivity contribution in [3.63, 3.8) is 0 Å². The number of unbranched alkanes of at least 4 members (excludes halogenated alkanes) is 1. The maximum Gasteiger partial charge on any atom is 0.115 e. The lowest BCUT2D eigenvalue weighted by Gasteiger charge is -2.03. The van der Waals surface area contributed by atoms with Crippen LogP contribution in [-0.2, 0) is 6.42 Å². The van der Waals surface area contributed by atoms with E-state index in [4.69, 9.17) is 5.11 Å². The highest BCUT2D eigenvalue weighted by Gasteiger charge is 1.97. The average molecular weight is 257 g/mol. The third-order valence-corrected chi connectivity index (χ3v) is 2.71. The molecule has 0 fully saturated rings. The second kappa shape index (κ2) is 6.07. The third kappa shape index (κ3) is 4.66. The van der Waals surface area contributed by atoms with Gasteiger partial charge < -0.3 is 5.11 Å². The van der Waals surface area contributed by atoms with Gasteiger partial charge in [0.2, 0.25) is 0 Å². The number of aryl methyl sites for hydroxylation is 1. The van der Waals surface area contributed by atoms with Crippen molar-refractivity contribution in [3.8, 4) is 5.75 Å². The van der Waals surface area contributed by atoms with Crippen LogP contribution in [0.25, 0.3) is 0 Å². The highest BCUT2D eigenvalue weighted by molar-refractivity contribution is 9.09. The topological polar surface area (TPSA) is 20.2 Å². The van der Waals surface area contributed by atoms with E-state index in [1.54, 1.807) is 12.1 Å². The van der Waals surface area contributed by atoms with Crippen molar-refractivity contribution < 1.29 is 5.11 Å². The number of hydrogen-bond acceptors (Lipinski definition) is 1. The zero-order valence-corrected chi connectivity index (χ0v) is 10.1. The fourth-order valence-electron chi connectivity index (χ4n) is 1.42. The van der Waals surface area contributed by atoms with Crippen LogP contribution in [0.2, 0.25) is 0 Å². The van der Waals surface area contributed by atoms with Gasteiger partial charge in [-0.25, -0.2) is 0 Å². The molecule has 0 aromatic heterocycles. The van der Waals surface area contributed by atoms with Crippen molar-refractivity contribution in [2.75, 3.05) is 0 Å². The van der Waals surface area contributed by atoms with Crippen molar-refractivity contribution in [2.45, 2.75) is 37.4 Å². The van der Waals surface area contributed by atoms with Crippen molar-refractivity contribution in [3.05, 3.63) is 29.8 Å². The molecule has 0 aliphatic heterocycles. The molecule has 1 rings (SSSR count). The summed E-state index contributed by atoms with van der Waals surface area (Å²) in [4.78, 5) is 0.627. The van der Waals surface area contributed by atoms with Crippen LogP contribution in [0.4, 0.5) is 0 Å². The maximum atomic E-state index is 9.09. The highest BCUT2D eigenvalue weighted by atomic mass is 79.9. The molecular weight excluding hydrogens is 240 g/mol. The van der Waals surface area contributed by atoms with Gasteiger partial charge in [0.05, 0.1) is 0 Å². The largest absolute Gasteiger partial charge is 0.508 e. The first-order valence-electron chi connectivity index (χ1n) is 5.10. The summed E-state index contributed by atoms with van der Waals surface area (Å²) in [5.41, 5.74) is 1.31. The van der Waals surface area contributed by atoms with E-state index in [0.29, 0.717) is 10.6 Å². The molecule has 1 N–H and O–H groups in total. The lowest BCUT2D eigenvalue weighted by atomic mass is 10.1. The van der Waals surface area contributed by atoms with Crippen molar-refractivity contribution in [2.24, 2.45) is 0 Å². The van der Waals surface area contributed by atoms with Gasteiger partial charge in [-0.05, 0) is 37.0 Å². The summed E-state index contributed by atoms with van der Waals surface area (Å²) >= 11 is 3.54. The first-order valence-corrected chi connectivity index (χ1v) is 6.02. The Hall–Kier alpha value is -0.500. The molecule has 0 amide bonds. The van der Waals surface area contributed by atoms with Crippen molar-refractivity contribution >= 4 is 15.9 Å². The summed E-state index contributed by atoms with van der Waals surface area (Å²) < 4.78 is 0. The number of aromatic hydroxyl groups is 1. The smallest absolute Gasteiger partial charge is 0.115 e. The molecule has 0 saturated carbocycles. The number of alkyl halides is 1. The molecule has 0 saturated heterocycles. The van der Waals surface area contributed by atoms with Crippen LogP contribution in [0.15, 0.2) is 24.3 Å². The number of benzene rings is 1. The van der Waals surface area contributed by atoms with E-state index in [1.165, 1.54) is 24.8 Å². The van der Waals surface area contributed by atoms with Gasteiger partial charge in [0, 0.05) is 4.83 Å². The zero-order valence-electron chi connectivity index (χ0n) is 8.54. The van der Waals surface area contributed by atoms with E-state index < -0.39 is 0 Å². The van der Waals surface area contributed by atoms with Gasteiger partial charge in [0.15, 0.2) is 0 Å². The number of rotatable bonds is 5. The van der Waals surface area contributed by atoms with E-state index in [-0.39, 0.29) is 0 Å². The number of hydrogen-bond donors (Lipinski definition) is 1. The molecule has 0 bridgehead atoms. The molecule has 0 aliphatic carbocycles. The van der Waals surface area contributed by atoms with E-state index >= 15 is 0 Å². The third-order valence-electron chi connectivity index (χ3n) is 2.25. The molecule has 1 aromatic rings. The Kier molecular flexibility index (Phi) is 5.02. The second-order valence-corrected chi connectivity index (χ2v) is 5.26. The Morgan fingerprint density at radius 2 is 1.86 bits per heavy atom. The Morgan fingerprint density at radius 3 is 2.43 bits per heavy atom. The predicted octanol–water partition coefficient (Wildman–Crippen LogP) is 3.89. The van der Waals surface area contributed by atoms with Gasteiger partial charge in [-0.2, -0.15) is 0 Å². The summed E-state index contributed by atoms with van der Waals surface area (Å²) in [6.07, 6.45) is 4.83. The Bertz CT molecular complexity index is 254. The van der Waals surface area contributed by atoms with Crippen LogP contribution in [0.5, 0.6) is 5.75 Å². The molecular formula is C12H17BrO. The molecule has 0 radical (unpaired) electrons. The predicted molar refractivity (Wildman–Crippen MR) is 64.1 cm³/mol. The molecule has 1 aromatic carbocycles. The quantitative estimate of drug-likeness (QED) is 0.626. The van der Waals surface area contributed by atoms with Crippen LogP contribution < -0.4 is 0 Å². The molecule has 1 nitrogen and oxygen atoms in total. The SMILES string of the molecule is CC(Br)CCCCc1ccc(O)cc1. The standard InChI is InChI=1S/C12H17BrO/c1-10(13)4-2-3-5-11-6-8-12(14)9-7-11/h6-10,14H,2-5H2,1H3. The van der Waals surface area contributed by atoms with Crippen LogP contribution in [0.3, 0.4) is 0 Å². The zero-order chi connectivity index (χ0) is 10.4. The molecule has 78 valence electrons. The van der Waals surface area contributed by atoms with Crippen LogP contribution in [0, 0.1) is 0 Å². The molecule has 2 heteroatoms. The minimum absolute atomic E-state index is 0.350. The molecule has 1 atom stereocenters. The number of phenols is 1. The lowest BCUT2D eigenvalue weighted by Crippen LogP contribution is -1.91. The van der Waals surface area contributed by atoms with Gasteiger partial charge in [0.1, 0.15) is 5.75 Å². The second-order valence-electron chi connectivity index (χ2n) is 3.69. The first kappa shape index (κ1) is 11.6. The summed E-state index contributed by atoms with van der Waals surface area (Å²) in [6, 6.07) is 7.49. The monoisotopic (exact) mass is 256 g/mol. The summed E-state index contributed by atoms with van der Waals surface area (Å²) in [7, 11) is 0. The van der Waals surface area contributed by atoms with E-state index in [1.807, 2.05) is 12.1 Å². The molecule has 1 unspecified atom stereocenters. The highest BCUT2D eigenvalue weighted by Crippen LogP contribution is 2.14. The minimum atomic E-state index is 0.350. The van der Waals surface area contributed by atoms with Crippen LogP contribution in [-0.4, -0.2) is 9.93 Å². The summed E-state index contributed by atoms with van der Waals surface area (Å²) in [5.74, 6) is 0.350. The van der Waals surface area contributed by atoms with Gasteiger partial charge in [-0.15, -0.1) is 0 Å². The van der Waals surface area contributed by atoms with Gasteiger partial charge in [-0.1, -0.05) is 41.4 Å². The van der Waals surface area contributed by atoms with Crippen LogP contribution in [0.1, 0.15) is 31.7 Å². The Balaban J connectivity index is 2.21. The van der Waals surface area contributed by atoms with E-state index in [0.717, 1.165) is 6.42 Å². The number of phenolic OH excluding ortho intramolecular Hbond substituents is 1. The van der Waals surface area contributed by atoms with Crippen molar-refractivity contribution in [1.29, 1.82) is 0 Å². The Morgan fingerprint density at radius 1 is 1.21 bits per heavy atom. The van der Waals surface area contributed by atoms with Gasteiger partial charge >= 0.3 is 0 Å². The molecule has 14 heavy (non-hydrogen) atoms. The first-order chi connectivity index (χ1) is 6.68. The van der Waals surface area contributed by atoms with Crippen molar-refractivity contribution in [1.82, 2.24) is 0 Å². The van der Waals surface area contributed by atoms with Gasteiger partial charge in [-0.3, -0.25) is 0 Å². The summed E-state index contributed by atoms with van der Waals surface area (Å²) in [6.45, 7) is 2.18. The van der Waals surface area contributed by atoms with Crippen LogP contribution >= 0.6 is 15.9 Å². The molecule has 0 heterocycles. The van der Waals surface area contributed by atoms with Gasteiger partial charge in [0.25, 0.3) is 0 Å². The van der Waals surface area contributed by atoms with E-state index in [9.17, 15) is 0 Å². The number of halogens is 1. The fraction of sp³-hybridized carbons (Fsp3) is 0.500. The molecule has 0 spiro atoms. The normalized spacial score (nSPS) is 12.7. The lowest BCUT2D eigenvalue weighted by molar-refractivity contribution is 0.475.